The zero-order valence-corrected chi connectivity index (χ0v) is 22.4. The third-order valence-electron chi connectivity index (χ3n) is 7.09. The molecule has 11 heteroatoms. The Balaban J connectivity index is 1.48. The molecule has 1 aromatic carbocycles. The molecule has 6 nitrogen and oxygen atoms in total. The normalized spacial score (nSPS) is 20.4. The van der Waals surface area contributed by atoms with Gasteiger partial charge in [-0.1, -0.05) is 41.9 Å². The van der Waals surface area contributed by atoms with E-state index in [4.69, 9.17) is 11.6 Å². The molecule has 5 rings (SSSR count). The van der Waals surface area contributed by atoms with Gasteiger partial charge in [-0.05, 0) is 36.1 Å². The third kappa shape index (κ3) is 5.54. The van der Waals surface area contributed by atoms with Crippen molar-refractivity contribution >= 4 is 28.8 Å². The maximum absolute atomic E-state index is 14.0. The van der Waals surface area contributed by atoms with Crippen LogP contribution in [-0.4, -0.2) is 62.9 Å². The quantitative estimate of drug-likeness (QED) is 0.407. The van der Waals surface area contributed by atoms with E-state index in [0.29, 0.717) is 48.2 Å². The summed E-state index contributed by atoms with van der Waals surface area (Å²) in [7, 11) is 0. The van der Waals surface area contributed by atoms with E-state index in [2.05, 4.69) is 10.00 Å². The van der Waals surface area contributed by atoms with E-state index in [-0.39, 0.29) is 23.5 Å². The van der Waals surface area contributed by atoms with Gasteiger partial charge in [0.1, 0.15) is 0 Å². The molecule has 1 N–H and O–H groups in total. The molecule has 2 atom stereocenters. The maximum Gasteiger partial charge on any atom is 0.435 e. The van der Waals surface area contributed by atoms with Gasteiger partial charge in [0, 0.05) is 61.4 Å². The lowest BCUT2D eigenvalue weighted by atomic mass is 9.84. The Hall–Kier alpha value is -2.66. The summed E-state index contributed by atoms with van der Waals surface area (Å²) in [6.07, 6.45) is 0.573. The van der Waals surface area contributed by atoms with Crippen LogP contribution in [0.15, 0.2) is 48.7 Å². The molecule has 1 saturated heterocycles. The summed E-state index contributed by atoms with van der Waals surface area (Å²) in [5, 5.41) is 13.5. The number of alkyl halides is 3. The predicted octanol–water partition coefficient (Wildman–Crippen LogP) is 5.40. The van der Waals surface area contributed by atoms with Gasteiger partial charge in [0.15, 0.2) is 5.69 Å². The average Bonchev–Trinajstić information content (AvgIpc) is 3.60. The number of likely N-dealkylation sites (tertiary alicyclic amines) is 1. The first-order chi connectivity index (χ1) is 18.1. The van der Waals surface area contributed by atoms with Crippen molar-refractivity contribution in [2.75, 3.05) is 26.2 Å². The minimum atomic E-state index is -4.61. The summed E-state index contributed by atoms with van der Waals surface area (Å²) in [4.78, 5) is 17.9. The molecule has 0 bridgehead atoms. The van der Waals surface area contributed by atoms with Crippen molar-refractivity contribution < 1.29 is 23.1 Å². The monoisotopic (exact) mass is 564 g/mol. The van der Waals surface area contributed by atoms with Crippen molar-refractivity contribution in [2.24, 2.45) is 0 Å². The van der Waals surface area contributed by atoms with Crippen LogP contribution in [0.4, 0.5) is 13.2 Å². The van der Waals surface area contributed by atoms with Crippen LogP contribution < -0.4 is 0 Å². The van der Waals surface area contributed by atoms with Crippen molar-refractivity contribution in [3.8, 4) is 11.1 Å². The van der Waals surface area contributed by atoms with Gasteiger partial charge in [-0.3, -0.25) is 14.4 Å². The first-order valence-electron chi connectivity index (χ1n) is 12.5. The molecule has 3 aromatic rings. The number of aliphatic hydroxyl groups is 1. The van der Waals surface area contributed by atoms with Crippen LogP contribution >= 0.6 is 22.9 Å². The number of thiophene rings is 1. The smallest absolute Gasteiger partial charge is 0.392 e. The van der Waals surface area contributed by atoms with Crippen molar-refractivity contribution in [3.63, 3.8) is 0 Å². The highest BCUT2D eigenvalue weighted by molar-refractivity contribution is 7.16. The van der Waals surface area contributed by atoms with Crippen LogP contribution in [0.25, 0.3) is 11.1 Å². The van der Waals surface area contributed by atoms with Crippen molar-refractivity contribution in [2.45, 2.75) is 44.6 Å². The number of halogens is 4. The maximum atomic E-state index is 14.0. The Morgan fingerprint density at radius 2 is 2.03 bits per heavy atom. The Morgan fingerprint density at radius 3 is 2.74 bits per heavy atom. The highest BCUT2D eigenvalue weighted by atomic mass is 35.5. The second-order valence-corrected chi connectivity index (χ2v) is 11.4. The molecular weight excluding hydrogens is 537 g/mol. The second kappa shape index (κ2) is 10.8. The van der Waals surface area contributed by atoms with Crippen molar-refractivity contribution in [3.05, 3.63) is 74.7 Å². The number of carbonyl (C=O) groups is 1. The van der Waals surface area contributed by atoms with Crippen LogP contribution in [0.1, 0.15) is 41.0 Å². The van der Waals surface area contributed by atoms with E-state index >= 15 is 0 Å². The zero-order valence-electron chi connectivity index (χ0n) is 20.8. The van der Waals surface area contributed by atoms with E-state index in [0.717, 1.165) is 23.4 Å². The number of hydrogen-bond donors (Lipinski definition) is 1. The summed E-state index contributed by atoms with van der Waals surface area (Å²) >= 11 is 7.76. The lowest BCUT2D eigenvalue weighted by Crippen LogP contribution is -2.37. The predicted molar refractivity (Wildman–Crippen MR) is 141 cm³/mol. The molecule has 1 fully saturated rings. The Morgan fingerprint density at radius 1 is 1.24 bits per heavy atom. The van der Waals surface area contributed by atoms with Gasteiger partial charge in [-0.15, -0.1) is 11.3 Å². The van der Waals surface area contributed by atoms with Crippen LogP contribution in [0, 0.1) is 0 Å². The SMILES string of the molecule is CCn1cc(-c2ccccc2[C@@H]2CN(C(=O)/C=C/CN3CCC(O)C3)Cc3sc(Cl)cc32)c(C(F)(F)F)n1. The number of nitrogens with zero attached hydrogens (tertiary/aromatic N) is 4. The Kier molecular flexibility index (Phi) is 7.68. The first kappa shape index (κ1) is 26.9. The zero-order chi connectivity index (χ0) is 27.0. The van der Waals surface area contributed by atoms with Gasteiger partial charge in [0.25, 0.3) is 0 Å². The lowest BCUT2D eigenvalue weighted by molar-refractivity contribution is -0.141. The van der Waals surface area contributed by atoms with Crippen molar-refractivity contribution in [1.82, 2.24) is 19.6 Å². The third-order valence-corrected chi connectivity index (χ3v) is 8.35. The van der Waals surface area contributed by atoms with Crippen LogP contribution in [0.3, 0.4) is 0 Å². The number of carbonyl (C=O) groups excluding carboxylic acids is 1. The molecule has 1 amide bonds. The molecule has 202 valence electrons. The first-order valence-corrected chi connectivity index (χ1v) is 13.7. The number of amides is 1. The van der Waals surface area contributed by atoms with Gasteiger partial charge < -0.3 is 10.0 Å². The molecule has 38 heavy (non-hydrogen) atoms. The topological polar surface area (TPSA) is 61.6 Å². The van der Waals surface area contributed by atoms with Crippen LogP contribution in [0.2, 0.25) is 4.34 Å². The molecule has 4 heterocycles. The van der Waals surface area contributed by atoms with Crippen LogP contribution in [0.5, 0.6) is 0 Å². The fourth-order valence-electron chi connectivity index (χ4n) is 5.24. The van der Waals surface area contributed by atoms with E-state index in [1.807, 2.05) is 12.1 Å². The minimum Gasteiger partial charge on any atom is -0.392 e. The van der Waals surface area contributed by atoms with E-state index in [9.17, 15) is 23.1 Å². The van der Waals surface area contributed by atoms with E-state index in [1.54, 1.807) is 42.2 Å². The largest absolute Gasteiger partial charge is 0.435 e. The fourth-order valence-corrected chi connectivity index (χ4v) is 6.60. The summed E-state index contributed by atoms with van der Waals surface area (Å²) in [6.45, 7) is 4.70. The summed E-state index contributed by atoms with van der Waals surface area (Å²) in [6, 6.07) is 8.88. The van der Waals surface area contributed by atoms with E-state index in [1.165, 1.54) is 22.2 Å². The number of β-amino-alcohol motifs (C(OH)–C–C–N with tert-alkyl or cyclic N) is 1. The highest BCUT2D eigenvalue weighted by Gasteiger charge is 2.39. The van der Waals surface area contributed by atoms with Crippen LogP contribution in [-0.2, 0) is 24.1 Å². The molecule has 2 aliphatic rings. The van der Waals surface area contributed by atoms with Gasteiger partial charge in [-0.25, -0.2) is 0 Å². The standard InChI is InChI=1S/C27H28ClF3N4O2S/c1-2-35-15-22(26(32-35)27(29,30)31)19-7-4-3-6-18(19)21-14-34(16-23-20(21)12-24(28)38-23)25(37)8-5-10-33-11-9-17(36)13-33/h3-8,12,15,17,21,36H,2,9-11,13-14,16H2,1H3/b8-5+/t17?,21-/m0/s1. The molecular formula is C27H28ClF3N4O2S. The number of aromatic nitrogens is 2. The molecule has 2 aliphatic heterocycles. The lowest BCUT2D eigenvalue weighted by Gasteiger charge is -2.33. The molecule has 0 radical (unpaired) electrons. The number of rotatable bonds is 6. The number of aliphatic hydroxyl groups excluding tert-OH is 1. The van der Waals surface area contributed by atoms with E-state index < -0.39 is 11.9 Å². The minimum absolute atomic E-state index is 0.0222. The number of benzene rings is 1. The average molecular weight is 565 g/mol. The van der Waals surface area contributed by atoms with Gasteiger partial charge in [0.05, 0.1) is 17.0 Å². The highest BCUT2D eigenvalue weighted by Crippen LogP contribution is 2.45. The summed E-state index contributed by atoms with van der Waals surface area (Å²) < 4.78 is 43.7. The summed E-state index contributed by atoms with van der Waals surface area (Å²) in [5.41, 5.74) is 1.16. The molecule has 0 saturated carbocycles. The molecule has 0 spiro atoms. The van der Waals surface area contributed by atoms with Gasteiger partial charge in [0.2, 0.25) is 5.91 Å². The molecule has 2 aromatic heterocycles. The molecule has 1 unspecified atom stereocenters. The number of hydrogen-bond acceptors (Lipinski definition) is 5. The fraction of sp³-hybridized carbons (Fsp3) is 0.407. The summed E-state index contributed by atoms with van der Waals surface area (Å²) in [5.74, 6) is -0.520. The Labute approximate surface area is 227 Å². The Bertz CT molecular complexity index is 1350. The number of fused-ring (bicyclic) bond motifs is 1. The van der Waals surface area contributed by atoms with Crippen molar-refractivity contribution in [1.29, 1.82) is 0 Å². The molecule has 0 aliphatic carbocycles. The number of aryl methyl sites for hydroxylation is 1. The van der Waals surface area contributed by atoms with Gasteiger partial charge in [-0.2, -0.15) is 18.3 Å². The second-order valence-electron chi connectivity index (χ2n) is 9.64. The van der Waals surface area contributed by atoms with Gasteiger partial charge >= 0.3 is 6.18 Å².